The summed E-state index contributed by atoms with van der Waals surface area (Å²) >= 11 is 0. The maximum Gasteiger partial charge on any atom is 0.410 e. The van der Waals surface area contributed by atoms with Crippen LogP contribution >= 0.6 is 0 Å². The first-order valence-electron chi connectivity index (χ1n) is 10.5. The van der Waals surface area contributed by atoms with E-state index in [9.17, 15) is 14.0 Å². The Hall–Kier alpha value is -2.15. The SMILES string of the molecule is CC(C)(C)OC(=O)[C@@H](Cc1cc(CN)ccc1F)[C@H]1CCN(C(=O)OC(C)(C)C)C1. The van der Waals surface area contributed by atoms with Crippen LogP contribution in [0.2, 0.25) is 0 Å². The molecule has 0 saturated carbocycles. The van der Waals surface area contributed by atoms with Crippen LogP contribution in [-0.4, -0.2) is 41.3 Å². The second-order valence-electron chi connectivity index (χ2n) is 9.95. The maximum atomic E-state index is 14.5. The number of carbonyl (C=O) groups excluding carboxylic acids is 2. The summed E-state index contributed by atoms with van der Waals surface area (Å²) < 4.78 is 25.6. The Bertz CT molecular complexity index is 767. The van der Waals surface area contributed by atoms with Crippen LogP contribution in [-0.2, 0) is 27.2 Å². The van der Waals surface area contributed by atoms with Gasteiger partial charge < -0.3 is 20.1 Å². The van der Waals surface area contributed by atoms with Crippen LogP contribution in [0, 0.1) is 17.7 Å². The van der Waals surface area contributed by atoms with Crippen molar-refractivity contribution in [3.8, 4) is 0 Å². The molecule has 30 heavy (non-hydrogen) atoms. The molecular weight excluding hydrogens is 387 g/mol. The van der Waals surface area contributed by atoms with Crippen LogP contribution in [0.3, 0.4) is 0 Å². The van der Waals surface area contributed by atoms with E-state index in [-0.39, 0.29) is 24.1 Å². The molecule has 1 aliphatic rings. The molecule has 1 amide bonds. The molecule has 0 aliphatic carbocycles. The molecule has 1 aromatic carbocycles. The highest BCUT2D eigenvalue weighted by Gasteiger charge is 2.39. The molecule has 2 rings (SSSR count). The van der Waals surface area contributed by atoms with E-state index in [0.717, 1.165) is 5.56 Å². The van der Waals surface area contributed by atoms with Gasteiger partial charge in [-0.3, -0.25) is 4.79 Å². The number of benzene rings is 1. The van der Waals surface area contributed by atoms with Crippen molar-refractivity contribution in [2.75, 3.05) is 13.1 Å². The van der Waals surface area contributed by atoms with Crippen molar-refractivity contribution in [3.05, 3.63) is 35.1 Å². The third-order valence-electron chi connectivity index (χ3n) is 4.94. The van der Waals surface area contributed by atoms with E-state index in [2.05, 4.69) is 0 Å². The molecule has 1 saturated heterocycles. The van der Waals surface area contributed by atoms with Gasteiger partial charge in [-0.1, -0.05) is 12.1 Å². The van der Waals surface area contributed by atoms with Crippen molar-refractivity contribution >= 4 is 12.1 Å². The number of hydrogen-bond acceptors (Lipinski definition) is 5. The molecule has 0 bridgehead atoms. The minimum Gasteiger partial charge on any atom is -0.460 e. The lowest BCUT2D eigenvalue weighted by Crippen LogP contribution is -2.38. The molecular formula is C23H35FN2O4. The van der Waals surface area contributed by atoms with Crippen LogP contribution in [0.1, 0.15) is 59.1 Å². The van der Waals surface area contributed by atoms with Crippen molar-refractivity contribution in [2.24, 2.45) is 17.6 Å². The number of nitrogens with two attached hydrogens (primary N) is 1. The lowest BCUT2D eigenvalue weighted by Gasteiger charge is -2.28. The van der Waals surface area contributed by atoms with Crippen molar-refractivity contribution in [1.29, 1.82) is 0 Å². The van der Waals surface area contributed by atoms with Crippen molar-refractivity contribution in [3.63, 3.8) is 0 Å². The van der Waals surface area contributed by atoms with Crippen molar-refractivity contribution < 1.29 is 23.5 Å². The lowest BCUT2D eigenvalue weighted by atomic mass is 9.85. The van der Waals surface area contributed by atoms with Gasteiger partial charge in [0.15, 0.2) is 0 Å². The molecule has 0 unspecified atom stereocenters. The minimum atomic E-state index is -0.656. The van der Waals surface area contributed by atoms with Gasteiger partial charge in [-0.2, -0.15) is 0 Å². The van der Waals surface area contributed by atoms with E-state index < -0.39 is 23.2 Å². The third kappa shape index (κ3) is 6.97. The average molecular weight is 423 g/mol. The highest BCUT2D eigenvalue weighted by Crippen LogP contribution is 2.31. The average Bonchev–Trinajstić information content (AvgIpc) is 3.07. The second kappa shape index (κ2) is 9.33. The monoisotopic (exact) mass is 422 g/mol. The zero-order chi connectivity index (χ0) is 22.7. The first-order valence-corrected chi connectivity index (χ1v) is 10.5. The Labute approximate surface area is 178 Å². The maximum absolute atomic E-state index is 14.5. The van der Waals surface area contributed by atoms with E-state index in [1.165, 1.54) is 6.07 Å². The third-order valence-corrected chi connectivity index (χ3v) is 4.94. The van der Waals surface area contributed by atoms with E-state index in [4.69, 9.17) is 15.2 Å². The minimum absolute atomic E-state index is 0.145. The highest BCUT2D eigenvalue weighted by atomic mass is 19.1. The standard InChI is InChI=1S/C23H35FN2O4/c1-22(2,3)29-20(27)18(12-17-11-15(13-25)7-8-19(17)24)16-9-10-26(14-16)21(28)30-23(4,5)6/h7-8,11,16,18H,9-10,12-14,25H2,1-6H3/t16-,18-/m0/s1. The fourth-order valence-corrected chi connectivity index (χ4v) is 3.58. The Morgan fingerprint density at radius 1 is 1.17 bits per heavy atom. The van der Waals surface area contributed by atoms with Crippen LogP contribution in [0.25, 0.3) is 0 Å². The normalized spacial score (nSPS) is 18.3. The summed E-state index contributed by atoms with van der Waals surface area (Å²) in [6.07, 6.45) is 0.423. The molecule has 1 fully saturated rings. The largest absolute Gasteiger partial charge is 0.460 e. The number of amides is 1. The highest BCUT2D eigenvalue weighted by molar-refractivity contribution is 5.74. The Morgan fingerprint density at radius 3 is 2.37 bits per heavy atom. The number of likely N-dealkylation sites (tertiary alicyclic amines) is 1. The predicted octanol–water partition coefficient (Wildman–Crippen LogP) is 4.04. The first kappa shape index (κ1) is 24.1. The van der Waals surface area contributed by atoms with Crippen molar-refractivity contribution in [1.82, 2.24) is 4.90 Å². The number of nitrogens with zero attached hydrogens (tertiary/aromatic N) is 1. The molecule has 1 aliphatic heterocycles. The Balaban J connectivity index is 2.23. The van der Waals surface area contributed by atoms with Crippen molar-refractivity contribution in [2.45, 2.75) is 72.1 Å². The van der Waals surface area contributed by atoms with Gasteiger partial charge in [-0.25, -0.2) is 9.18 Å². The predicted molar refractivity (Wildman–Crippen MR) is 113 cm³/mol. The summed E-state index contributed by atoms with van der Waals surface area (Å²) in [4.78, 5) is 27.1. The molecule has 2 N–H and O–H groups in total. The lowest BCUT2D eigenvalue weighted by molar-refractivity contribution is -0.162. The molecule has 168 valence electrons. The summed E-state index contributed by atoms with van der Waals surface area (Å²) in [6, 6.07) is 4.72. The number of halogens is 1. The number of esters is 1. The van der Waals surface area contributed by atoms with Gasteiger partial charge in [0, 0.05) is 19.6 Å². The number of ether oxygens (including phenoxy) is 2. The van der Waals surface area contributed by atoms with Crippen LogP contribution < -0.4 is 5.73 Å². The Morgan fingerprint density at radius 2 is 1.80 bits per heavy atom. The molecule has 2 atom stereocenters. The van der Waals surface area contributed by atoms with Gasteiger partial charge in [-0.15, -0.1) is 0 Å². The summed E-state index contributed by atoms with van der Waals surface area (Å²) in [5.74, 6) is -1.47. The first-order chi connectivity index (χ1) is 13.8. The molecule has 0 radical (unpaired) electrons. The van der Waals surface area contributed by atoms with Crippen LogP contribution in [0.4, 0.5) is 9.18 Å². The second-order valence-corrected chi connectivity index (χ2v) is 9.95. The molecule has 6 nitrogen and oxygen atoms in total. The number of carbonyl (C=O) groups is 2. The molecule has 1 heterocycles. The van der Waals surface area contributed by atoms with E-state index in [1.807, 2.05) is 20.8 Å². The van der Waals surface area contributed by atoms with E-state index in [0.29, 0.717) is 31.6 Å². The van der Waals surface area contributed by atoms with Gasteiger partial charge in [0.1, 0.15) is 17.0 Å². The molecule has 0 aromatic heterocycles. The number of rotatable bonds is 5. The quantitative estimate of drug-likeness (QED) is 0.724. The van der Waals surface area contributed by atoms with Crippen LogP contribution in [0.15, 0.2) is 18.2 Å². The van der Waals surface area contributed by atoms with Gasteiger partial charge in [0.2, 0.25) is 0 Å². The summed E-state index contributed by atoms with van der Waals surface area (Å²) in [7, 11) is 0. The van der Waals surface area contributed by atoms with E-state index in [1.54, 1.807) is 37.8 Å². The molecule has 0 spiro atoms. The zero-order valence-electron chi connectivity index (χ0n) is 19.0. The van der Waals surface area contributed by atoms with Gasteiger partial charge in [-0.05, 0) is 77.5 Å². The Kier molecular flexibility index (Phi) is 7.50. The molecule has 1 aromatic rings. The summed E-state index contributed by atoms with van der Waals surface area (Å²) in [5.41, 5.74) is 5.68. The fourth-order valence-electron chi connectivity index (χ4n) is 3.58. The number of hydrogen-bond donors (Lipinski definition) is 1. The van der Waals surface area contributed by atoms with Gasteiger partial charge >= 0.3 is 12.1 Å². The topological polar surface area (TPSA) is 81.9 Å². The zero-order valence-corrected chi connectivity index (χ0v) is 19.0. The summed E-state index contributed by atoms with van der Waals surface area (Å²) in [5, 5.41) is 0. The van der Waals surface area contributed by atoms with Gasteiger partial charge in [0.05, 0.1) is 5.92 Å². The van der Waals surface area contributed by atoms with Crippen LogP contribution in [0.5, 0.6) is 0 Å². The molecule has 7 heteroatoms. The van der Waals surface area contributed by atoms with E-state index >= 15 is 0 Å². The fraction of sp³-hybridized carbons (Fsp3) is 0.652. The smallest absolute Gasteiger partial charge is 0.410 e. The van der Waals surface area contributed by atoms with Gasteiger partial charge in [0.25, 0.3) is 0 Å². The summed E-state index contributed by atoms with van der Waals surface area (Å²) in [6.45, 7) is 12.0.